The van der Waals surface area contributed by atoms with Crippen molar-refractivity contribution in [2.24, 2.45) is 0 Å². The number of nitrogens with one attached hydrogen (secondary N) is 2. The van der Waals surface area contributed by atoms with Gasteiger partial charge in [0.05, 0.1) is 0 Å². The fourth-order valence-electron chi connectivity index (χ4n) is 1.74. The molecule has 2 rings (SSSR count). The molecule has 0 radical (unpaired) electrons. The maximum Gasteiger partial charge on any atom is 0.0409 e. The van der Waals surface area contributed by atoms with E-state index in [1.807, 2.05) is 18.2 Å². The average molecular weight is 247 g/mol. The van der Waals surface area contributed by atoms with Gasteiger partial charge in [0.15, 0.2) is 0 Å². The highest BCUT2D eigenvalue weighted by atomic mass is 35.5. The Balaban J connectivity index is 0.00000112. The molecule has 1 heterocycles. The minimum absolute atomic E-state index is 0. The van der Waals surface area contributed by atoms with Gasteiger partial charge in [-0.3, -0.25) is 0 Å². The Morgan fingerprint density at radius 3 is 3.00 bits per heavy atom. The van der Waals surface area contributed by atoms with Crippen LogP contribution in [0.25, 0.3) is 0 Å². The molecule has 1 atom stereocenters. The van der Waals surface area contributed by atoms with Crippen LogP contribution >= 0.6 is 24.0 Å². The molecule has 1 aliphatic rings. The first-order chi connectivity index (χ1) is 6.84. The van der Waals surface area contributed by atoms with Crippen LogP contribution < -0.4 is 10.6 Å². The van der Waals surface area contributed by atoms with Gasteiger partial charge in [-0.1, -0.05) is 23.7 Å². The lowest BCUT2D eigenvalue weighted by Crippen LogP contribution is -2.30. The largest absolute Gasteiger partial charge is 0.315 e. The number of hydrogen-bond donors (Lipinski definition) is 2. The molecule has 0 spiro atoms. The molecule has 0 aliphatic carbocycles. The van der Waals surface area contributed by atoms with Crippen LogP contribution in [0.5, 0.6) is 0 Å². The zero-order valence-corrected chi connectivity index (χ0v) is 10.1. The summed E-state index contributed by atoms with van der Waals surface area (Å²) >= 11 is 5.90. The molecule has 0 saturated carbocycles. The standard InChI is InChI=1S/C11H15ClN2.ClH/c12-10-3-1-2-9(6-10)7-14-11-4-5-13-8-11;/h1-3,6,11,13-14H,4-5,7-8H2;1H. The molecule has 4 heteroatoms. The molecule has 1 aromatic carbocycles. The minimum atomic E-state index is 0. The van der Waals surface area contributed by atoms with Gasteiger partial charge in [0.1, 0.15) is 0 Å². The average Bonchev–Trinajstić information content (AvgIpc) is 2.67. The van der Waals surface area contributed by atoms with E-state index in [1.165, 1.54) is 12.0 Å². The third kappa shape index (κ3) is 3.99. The lowest BCUT2D eigenvalue weighted by molar-refractivity contribution is 0.547. The van der Waals surface area contributed by atoms with Gasteiger partial charge in [-0.25, -0.2) is 0 Å². The van der Waals surface area contributed by atoms with Gasteiger partial charge in [0.2, 0.25) is 0 Å². The molecule has 84 valence electrons. The summed E-state index contributed by atoms with van der Waals surface area (Å²) in [6, 6.07) is 8.63. The molecule has 1 fully saturated rings. The Labute approximate surface area is 102 Å². The van der Waals surface area contributed by atoms with Gasteiger partial charge >= 0.3 is 0 Å². The van der Waals surface area contributed by atoms with Crippen molar-refractivity contribution in [1.29, 1.82) is 0 Å². The summed E-state index contributed by atoms with van der Waals surface area (Å²) < 4.78 is 0. The molecule has 0 bridgehead atoms. The highest BCUT2D eigenvalue weighted by Crippen LogP contribution is 2.10. The number of benzene rings is 1. The lowest BCUT2D eigenvalue weighted by Gasteiger charge is -2.10. The van der Waals surface area contributed by atoms with Gasteiger partial charge in [-0.05, 0) is 30.7 Å². The van der Waals surface area contributed by atoms with E-state index in [4.69, 9.17) is 11.6 Å². The van der Waals surface area contributed by atoms with Crippen molar-refractivity contribution in [3.8, 4) is 0 Å². The van der Waals surface area contributed by atoms with Crippen LogP contribution in [0.2, 0.25) is 5.02 Å². The van der Waals surface area contributed by atoms with E-state index in [9.17, 15) is 0 Å². The molecule has 0 amide bonds. The van der Waals surface area contributed by atoms with Crippen LogP contribution in [0.1, 0.15) is 12.0 Å². The third-order valence-electron chi connectivity index (χ3n) is 2.54. The predicted octanol–water partition coefficient (Wildman–Crippen LogP) is 2.21. The van der Waals surface area contributed by atoms with Crippen molar-refractivity contribution >= 4 is 24.0 Å². The fourth-order valence-corrected chi connectivity index (χ4v) is 1.95. The first kappa shape index (κ1) is 12.8. The zero-order chi connectivity index (χ0) is 9.80. The molecular formula is C11H16Cl2N2. The van der Waals surface area contributed by atoms with Crippen molar-refractivity contribution in [3.63, 3.8) is 0 Å². The SMILES string of the molecule is Cl.Clc1cccc(CNC2CCNC2)c1. The molecule has 2 nitrogen and oxygen atoms in total. The summed E-state index contributed by atoms with van der Waals surface area (Å²) in [6.07, 6.45) is 1.22. The quantitative estimate of drug-likeness (QED) is 0.855. The second kappa shape index (κ2) is 6.33. The Hall–Kier alpha value is -0.280. The van der Waals surface area contributed by atoms with E-state index in [0.717, 1.165) is 24.7 Å². The van der Waals surface area contributed by atoms with Gasteiger partial charge in [-0.15, -0.1) is 12.4 Å². The Morgan fingerprint density at radius 2 is 2.33 bits per heavy atom. The summed E-state index contributed by atoms with van der Waals surface area (Å²) in [6.45, 7) is 3.13. The van der Waals surface area contributed by atoms with Crippen molar-refractivity contribution < 1.29 is 0 Å². The molecule has 15 heavy (non-hydrogen) atoms. The highest BCUT2D eigenvalue weighted by Gasteiger charge is 2.12. The van der Waals surface area contributed by atoms with Crippen LogP contribution in [0.4, 0.5) is 0 Å². The summed E-state index contributed by atoms with van der Waals surface area (Å²) in [7, 11) is 0. The molecule has 1 saturated heterocycles. The monoisotopic (exact) mass is 246 g/mol. The molecule has 0 aromatic heterocycles. The van der Waals surface area contributed by atoms with Crippen molar-refractivity contribution in [2.45, 2.75) is 19.0 Å². The van der Waals surface area contributed by atoms with Gasteiger partial charge in [-0.2, -0.15) is 0 Å². The molecule has 1 aromatic rings. The zero-order valence-electron chi connectivity index (χ0n) is 8.50. The van der Waals surface area contributed by atoms with Crippen molar-refractivity contribution in [2.75, 3.05) is 13.1 Å². The summed E-state index contributed by atoms with van der Waals surface area (Å²) in [4.78, 5) is 0. The van der Waals surface area contributed by atoms with Crippen LogP contribution in [0, 0.1) is 0 Å². The van der Waals surface area contributed by atoms with E-state index in [-0.39, 0.29) is 12.4 Å². The van der Waals surface area contributed by atoms with Gasteiger partial charge in [0.25, 0.3) is 0 Å². The number of halogens is 2. The Morgan fingerprint density at radius 1 is 1.47 bits per heavy atom. The van der Waals surface area contributed by atoms with Crippen molar-refractivity contribution in [1.82, 2.24) is 10.6 Å². The second-order valence-corrected chi connectivity index (χ2v) is 4.14. The number of rotatable bonds is 3. The van der Waals surface area contributed by atoms with Crippen LogP contribution in [-0.2, 0) is 6.54 Å². The van der Waals surface area contributed by atoms with E-state index in [0.29, 0.717) is 6.04 Å². The van der Waals surface area contributed by atoms with Crippen LogP contribution in [-0.4, -0.2) is 19.1 Å². The van der Waals surface area contributed by atoms with E-state index < -0.39 is 0 Å². The second-order valence-electron chi connectivity index (χ2n) is 3.70. The summed E-state index contributed by atoms with van der Waals surface area (Å²) in [5, 5.41) is 7.65. The first-order valence-electron chi connectivity index (χ1n) is 5.03. The predicted molar refractivity (Wildman–Crippen MR) is 66.8 cm³/mol. The van der Waals surface area contributed by atoms with Crippen molar-refractivity contribution in [3.05, 3.63) is 34.9 Å². The Bertz CT molecular complexity index is 298. The first-order valence-corrected chi connectivity index (χ1v) is 5.41. The summed E-state index contributed by atoms with van der Waals surface area (Å²) in [5.74, 6) is 0. The van der Waals surface area contributed by atoms with Crippen LogP contribution in [0.3, 0.4) is 0 Å². The van der Waals surface area contributed by atoms with E-state index in [1.54, 1.807) is 0 Å². The molecule has 1 unspecified atom stereocenters. The van der Waals surface area contributed by atoms with Crippen LogP contribution in [0.15, 0.2) is 24.3 Å². The highest BCUT2D eigenvalue weighted by molar-refractivity contribution is 6.30. The topological polar surface area (TPSA) is 24.1 Å². The third-order valence-corrected chi connectivity index (χ3v) is 2.78. The maximum atomic E-state index is 5.90. The lowest BCUT2D eigenvalue weighted by atomic mass is 10.2. The fraction of sp³-hybridized carbons (Fsp3) is 0.455. The van der Waals surface area contributed by atoms with E-state index >= 15 is 0 Å². The van der Waals surface area contributed by atoms with Gasteiger partial charge in [0, 0.05) is 24.2 Å². The maximum absolute atomic E-state index is 5.90. The normalized spacial score (nSPS) is 19.9. The smallest absolute Gasteiger partial charge is 0.0409 e. The van der Waals surface area contributed by atoms with E-state index in [2.05, 4.69) is 16.7 Å². The van der Waals surface area contributed by atoms with Gasteiger partial charge < -0.3 is 10.6 Å². The Kier molecular flexibility index (Phi) is 5.40. The summed E-state index contributed by atoms with van der Waals surface area (Å²) in [5.41, 5.74) is 1.25. The molecular weight excluding hydrogens is 231 g/mol. The number of hydrogen-bond acceptors (Lipinski definition) is 2. The molecule has 2 N–H and O–H groups in total. The molecule has 1 aliphatic heterocycles. The minimum Gasteiger partial charge on any atom is -0.315 e.